The summed E-state index contributed by atoms with van der Waals surface area (Å²) in [4.78, 5) is 32.1. The highest BCUT2D eigenvalue weighted by Gasteiger charge is 2.42. The van der Waals surface area contributed by atoms with Crippen molar-refractivity contribution >= 4 is 50.4 Å². The lowest BCUT2D eigenvalue weighted by Crippen LogP contribution is -2.41. The SMILES string of the molecule is C=CCN=C1SC(CC(=O)Nc2ccc(Br)cc2)C(=O)N1C1CCCCCC1. The molecular formula is C21H26BrN3O2S. The molecule has 5 nitrogen and oxygen atoms in total. The van der Waals surface area contributed by atoms with E-state index in [1.54, 1.807) is 6.08 Å². The molecule has 150 valence electrons. The number of aliphatic imine (C=N–C) groups is 1. The number of thioether (sulfide) groups is 1. The van der Waals surface area contributed by atoms with Gasteiger partial charge in [0.25, 0.3) is 0 Å². The Labute approximate surface area is 179 Å². The third-order valence-electron chi connectivity index (χ3n) is 5.01. The molecule has 2 aliphatic rings. The summed E-state index contributed by atoms with van der Waals surface area (Å²) in [6.07, 6.45) is 8.64. The number of carbonyl (C=O) groups excluding carboxylic acids is 2. The average molecular weight is 464 g/mol. The van der Waals surface area contributed by atoms with Crippen LogP contribution in [0.3, 0.4) is 0 Å². The van der Waals surface area contributed by atoms with E-state index in [0.717, 1.165) is 41.0 Å². The fourth-order valence-electron chi connectivity index (χ4n) is 3.63. The Hall–Kier alpha value is -1.60. The highest BCUT2D eigenvalue weighted by molar-refractivity contribution is 9.10. The Morgan fingerprint density at radius 3 is 2.57 bits per heavy atom. The van der Waals surface area contributed by atoms with E-state index < -0.39 is 5.25 Å². The quantitative estimate of drug-likeness (QED) is 0.477. The van der Waals surface area contributed by atoms with Gasteiger partial charge in [-0.2, -0.15) is 0 Å². The van der Waals surface area contributed by atoms with Gasteiger partial charge in [-0.3, -0.25) is 19.5 Å². The second kappa shape index (κ2) is 10.3. The highest BCUT2D eigenvalue weighted by atomic mass is 79.9. The van der Waals surface area contributed by atoms with Crippen molar-refractivity contribution < 1.29 is 9.59 Å². The maximum absolute atomic E-state index is 13.1. The summed E-state index contributed by atoms with van der Waals surface area (Å²) < 4.78 is 0.953. The topological polar surface area (TPSA) is 61.8 Å². The molecule has 2 fully saturated rings. The number of amidine groups is 1. The molecule has 2 amide bonds. The van der Waals surface area contributed by atoms with Gasteiger partial charge in [0.2, 0.25) is 11.8 Å². The summed E-state index contributed by atoms with van der Waals surface area (Å²) >= 11 is 4.80. The molecule has 0 aromatic heterocycles. The van der Waals surface area contributed by atoms with Crippen molar-refractivity contribution in [1.29, 1.82) is 0 Å². The lowest BCUT2D eigenvalue weighted by molar-refractivity contribution is -0.129. The van der Waals surface area contributed by atoms with Crippen LogP contribution in [-0.2, 0) is 9.59 Å². The first-order valence-corrected chi connectivity index (χ1v) is 11.5. The van der Waals surface area contributed by atoms with Crippen LogP contribution < -0.4 is 5.32 Å². The van der Waals surface area contributed by atoms with Crippen LogP contribution in [0.25, 0.3) is 0 Å². The molecule has 7 heteroatoms. The Bertz CT molecular complexity index is 743. The number of anilines is 1. The van der Waals surface area contributed by atoms with Gasteiger partial charge in [-0.15, -0.1) is 6.58 Å². The van der Waals surface area contributed by atoms with Crippen molar-refractivity contribution in [2.75, 3.05) is 11.9 Å². The second-order valence-corrected chi connectivity index (χ2v) is 9.22. The summed E-state index contributed by atoms with van der Waals surface area (Å²) in [5, 5.41) is 3.21. The molecule has 1 heterocycles. The maximum atomic E-state index is 13.1. The first-order chi connectivity index (χ1) is 13.6. The zero-order chi connectivity index (χ0) is 19.9. The number of amides is 2. The summed E-state index contributed by atoms with van der Waals surface area (Å²) in [6, 6.07) is 7.61. The third kappa shape index (κ3) is 5.47. The zero-order valence-electron chi connectivity index (χ0n) is 15.9. The lowest BCUT2D eigenvalue weighted by atomic mass is 10.1. The van der Waals surface area contributed by atoms with Crippen LogP contribution in [0.15, 0.2) is 46.4 Å². The van der Waals surface area contributed by atoms with Crippen LogP contribution in [0.2, 0.25) is 0 Å². The van der Waals surface area contributed by atoms with E-state index in [4.69, 9.17) is 0 Å². The predicted octanol–water partition coefficient (Wildman–Crippen LogP) is 4.99. The molecule has 1 aromatic carbocycles. The largest absolute Gasteiger partial charge is 0.326 e. The standard InChI is InChI=1S/C21H26BrN3O2S/c1-2-13-23-21-25(17-7-5-3-4-6-8-17)20(27)18(28-21)14-19(26)24-16-11-9-15(22)10-12-16/h2,9-12,17-18H,1,3-8,13-14H2,(H,24,26). The molecule has 0 spiro atoms. The van der Waals surface area contributed by atoms with Crippen molar-refractivity contribution in [3.8, 4) is 0 Å². The van der Waals surface area contributed by atoms with E-state index in [0.29, 0.717) is 6.54 Å². The number of nitrogens with one attached hydrogen (secondary N) is 1. The number of hydrogen-bond acceptors (Lipinski definition) is 4. The van der Waals surface area contributed by atoms with Crippen molar-refractivity contribution in [3.05, 3.63) is 41.4 Å². The number of nitrogens with zero attached hydrogens (tertiary/aromatic N) is 2. The van der Waals surface area contributed by atoms with Crippen LogP contribution >= 0.6 is 27.7 Å². The van der Waals surface area contributed by atoms with Gasteiger partial charge in [-0.1, -0.05) is 59.5 Å². The molecule has 1 aliphatic heterocycles. The molecule has 1 saturated carbocycles. The molecule has 3 rings (SSSR count). The minimum absolute atomic E-state index is 0.0191. The highest BCUT2D eigenvalue weighted by Crippen LogP contribution is 2.35. The van der Waals surface area contributed by atoms with Gasteiger partial charge in [0.1, 0.15) is 5.25 Å². The van der Waals surface area contributed by atoms with E-state index in [9.17, 15) is 9.59 Å². The van der Waals surface area contributed by atoms with Gasteiger partial charge in [-0.05, 0) is 37.1 Å². The molecule has 0 bridgehead atoms. The normalized spacial score (nSPS) is 22.3. The van der Waals surface area contributed by atoms with Crippen LogP contribution in [0, 0.1) is 0 Å². The van der Waals surface area contributed by atoms with E-state index in [2.05, 4.69) is 32.8 Å². The van der Waals surface area contributed by atoms with E-state index in [-0.39, 0.29) is 24.3 Å². The summed E-state index contributed by atoms with van der Waals surface area (Å²) in [5.41, 5.74) is 0.727. The van der Waals surface area contributed by atoms with Gasteiger partial charge in [0.15, 0.2) is 5.17 Å². The average Bonchev–Trinajstić information content (AvgIpc) is 2.86. The molecular weight excluding hydrogens is 438 g/mol. The Morgan fingerprint density at radius 2 is 1.93 bits per heavy atom. The van der Waals surface area contributed by atoms with E-state index in [1.807, 2.05) is 29.2 Å². The van der Waals surface area contributed by atoms with Crippen LogP contribution in [0.5, 0.6) is 0 Å². The number of carbonyl (C=O) groups is 2. The minimum atomic E-state index is -0.415. The number of rotatable bonds is 6. The second-order valence-electron chi connectivity index (χ2n) is 7.13. The van der Waals surface area contributed by atoms with Gasteiger partial charge in [0, 0.05) is 22.6 Å². The van der Waals surface area contributed by atoms with Gasteiger partial charge in [-0.25, -0.2) is 0 Å². The van der Waals surface area contributed by atoms with Crippen molar-refractivity contribution in [3.63, 3.8) is 0 Å². The van der Waals surface area contributed by atoms with E-state index in [1.165, 1.54) is 24.6 Å². The summed E-state index contributed by atoms with van der Waals surface area (Å²) in [7, 11) is 0. The molecule has 1 aliphatic carbocycles. The van der Waals surface area contributed by atoms with E-state index >= 15 is 0 Å². The summed E-state index contributed by atoms with van der Waals surface area (Å²) in [6.45, 7) is 4.21. The smallest absolute Gasteiger partial charge is 0.242 e. The van der Waals surface area contributed by atoms with Crippen LogP contribution in [0.4, 0.5) is 5.69 Å². The first-order valence-electron chi connectivity index (χ1n) is 9.79. The molecule has 1 unspecified atom stereocenters. The molecule has 1 N–H and O–H groups in total. The van der Waals surface area contributed by atoms with Crippen molar-refractivity contribution in [1.82, 2.24) is 4.90 Å². The maximum Gasteiger partial charge on any atom is 0.242 e. The van der Waals surface area contributed by atoms with Gasteiger partial charge < -0.3 is 5.32 Å². The summed E-state index contributed by atoms with van der Waals surface area (Å²) in [5.74, 6) is -0.135. The Morgan fingerprint density at radius 1 is 1.25 bits per heavy atom. The van der Waals surface area contributed by atoms with Crippen LogP contribution in [-0.4, -0.2) is 39.7 Å². The fourth-order valence-corrected chi connectivity index (χ4v) is 5.10. The van der Waals surface area contributed by atoms with Gasteiger partial charge >= 0.3 is 0 Å². The lowest BCUT2D eigenvalue weighted by Gasteiger charge is -2.26. The van der Waals surface area contributed by atoms with Crippen LogP contribution in [0.1, 0.15) is 44.9 Å². The molecule has 1 aromatic rings. The number of halogens is 1. The van der Waals surface area contributed by atoms with Crippen molar-refractivity contribution in [2.24, 2.45) is 4.99 Å². The molecule has 1 atom stereocenters. The monoisotopic (exact) mass is 463 g/mol. The van der Waals surface area contributed by atoms with Crippen molar-refractivity contribution in [2.45, 2.75) is 56.2 Å². The fraction of sp³-hybridized carbons (Fsp3) is 0.476. The minimum Gasteiger partial charge on any atom is -0.326 e. The Balaban J connectivity index is 1.68. The molecule has 28 heavy (non-hydrogen) atoms. The Kier molecular flexibility index (Phi) is 7.73. The third-order valence-corrected chi connectivity index (χ3v) is 6.73. The number of benzene rings is 1. The first kappa shape index (κ1) is 21.1. The zero-order valence-corrected chi connectivity index (χ0v) is 18.3. The van der Waals surface area contributed by atoms with Gasteiger partial charge in [0.05, 0.1) is 6.54 Å². The molecule has 1 saturated heterocycles. The predicted molar refractivity (Wildman–Crippen MR) is 120 cm³/mol. The molecule has 0 radical (unpaired) electrons. The number of hydrogen-bond donors (Lipinski definition) is 1.